The van der Waals surface area contributed by atoms with Gasteiger partial charge in [0, 0.05) is 23.5 Å². The quantitative estimate of drug-likeness (QED) is 0.665. The van der Waals surface area contributed by atoms with E-state index in [9.17, 15) is 9.18 Å². The fourth-order valence-electron chi connectivity index (χ4n) is 2.06. The fraction of sp³-hybridized carbons (Fsp3) is 0. The Morgan fingerprint density at radius 1 is 0.955 bits per heavy atom. The highest BCUT2D eigenvalue weighted by molar-refractivity contribution is 5.78. The van der Waals surface area contributed by atoms with E-state index in [1.807, 2.05) is 12.1 Å². The summed E-state index contributed by atoms with van der Waals surface area (Å²) >= 11 is 0. The van der Waals surface area contributed by atoms with Crippen molar-refractivity contribution in [2.75, 3.05) is 0 Å². The first-order valence-electron chi connectivity index (χ1n) is 6.69. The molecule has 0 amide bonds. The van der Waals surface area contributed by atoms with Crippen LogP contribution in [0.1, 0.15) is 10.4 Å². The summed E-state index contributed by atoms with van der Waals surface area (Å²) in [6, 6.07) is 14.7. The van der Waals surface area contributed by atoms with Crippen LogP contribution in [0.2, 0.25) is 0 Å². The van der Waals surface area contributed by atoms with Crippen molar-refractivity contribution in [1.82, 2.24) is 4.98 Å². The lowest BCUT2D eigenvalue weighted by atomic mass is 10.1. The topological polar surface area (TPSA) is 39.2 Å². The predicted molar refractivity (Wildman–Crippen MR) is 81.5 cm³/mol. The maximum atomic E-state index is 12.9. The standard InChI is InChI=1S/C18H12FNO2/c19-15-5-7-16(8-6-15)22-18-9-10-20-11-17(18)14-3-1-13(12-21)2-4-14/h1-12H. The van der Waals surface area contributed by atoms with Gasteiger partial charge in [-0.25, -0.2) is 4.39 Å². The van der Waals surface area contributed by atoms with E-state index in [0.717, 1.165) is 17.4 Å². The molecule has 0 aliphatic rings. The highest BCUT2D eigenvalue weighted by atomic mass is 19.1. The van der Waals surface area contributed by atoms with Gasteiger partial charge in [0.15, 0.2) is 0 Å². The zero-order valence-corrected chi connectivity index (χ0v) is 11.6. The number of pyridine rings is 1. The molecule has 2 aromatic carbocycles. The van der Waals surface area contributed by atoms with Gasteiger partial charge in [0.2, 0.25) is 0 Å². The molecule has 3 rings (SSSR count). The van der Waals surface area contributed by atoms with Crippen LogP contribution in [0.25, 0.3) is 11.1 Å². The molecule has 0 unspecified atom stereocenters. The highest BCUT2D eigenvalue weighted by Crippen LogP contribution is 2.32. The number of aromatic nitrogens is 1. The number of carbonyl (C=O) groups is 1. The Morgan fingerprint density at radius 2 is 1.68 bits per heavy atom. The second kappa shape index (κ2) is 6.18. The number of halogens is 1. The second-order valence-electron chi connectivity index (χ2n) is 4.67. The Balaban J connectivity index is 1.95. The summed E-state index contributed by atoms with van der Waals surface area (Å²) in [5.41, 5.74) is 2.29. The molecule has 3 aromatic rings. The lowest BCUT2D eigenvalue weighted by Gasteiger charge is -2.11. The molecule has 0 N–H and O–H groups in total. The van der Waals surface area contributed by atoms with Gasteiger partial charge in [-0.1, -0.05) is 24.3 Å². The number of hydrogen-bond acceptors (Lipinski definition) is 3. The maximum absolute atomic E-state index is 12.9. The van der Waals surface area contributed by atoms with E-state index < -0.39 is 0 Å². The number of rotatable bonds is 4. The summed E-state index contributed by atoms with van der Waals surface area (Å²) in [7, 11) is 0. The summed E-state index contributed by atoms with van der Waals surface area (Å²) in [5.74, 6) is 0.838. The van der Waals surface area contributed by atoms with Crippen molar-refractivity contribution in [2.24, 2.45) is 0 Å². The Labute approximate surface area is 127 Å². The molecule has 1 heterocycles. The van der Waals surface area contributed by atoms with Gasteiger partial charge in [-0.2, -0.15) is 0 Å². The Bertz CT molecular complexity index is 783. The molecule has 0 atom stereocenters. The molecule has 0 radical (unpaired) electrons. The zero-order valence-electron chi connectivity index (χ0n) is 11.6. The molecule has 0 fully saturated rings. The van der Waals surface area contributed by atoms with Gasteiger partial charge in [0.1, 0.15) is 23.6 Å². The Kier molecular flexibility index (Phi) is 3.92. The van der Waals surface area contributed by atoms with Crippen LogP contribution in [0.4, 0.5) is 4.39 Å². The molecule has 0 aliphatic carbocycles. The molecule has 22 heavy (non-hydrogen) atoms. The number of hydrogen-bond donors (Lipinski definition) is 0. The lowest BCUT2D eigenvalue weighted by Crippen LogP contribution is -1.90. The summed E-state index contributed by atoms with van der Waals surface area (Å²) in [6.07, 6.45) is 4.11. The van der Waals surface area contributed by atoms with E-state index in [1.165, 1.54) is 12.1 Å². The van der Waals surface area contributed by atoms with Crippen molar-refractivity contribution in [3.8, 4) is 22.6 Å². The summed E-state index contributed by atoms with van der Waals surface area (Å²) in [5, 5.41) is 0. The summed E-state index contributed by atoms with van der Waals surface area (Å²) in [6.45, 7) is 0. The number of nitrogens with zero attached hydrogens (tertiary/aromatic N) is 1. The molecule has 0 aliphatic heterocycles. The first-order chi connectivity index (χ1) is 10.8. The van der Waals surface area contributed by atoms with Gasteiger partial charge in [0.25, 0.3) is 0 Å². The van der Waals surface area contributed by atoms with Crippen molar-refractivity contribution in [3.63, 3.8) is 0 Å². The van der Waals surface area contributed by atoms with Crippen LogP contribution in [0.15, 0.2) is 67.0 Å². The molecular weight excluding hydrogens is 281 g/mol. The molecule has 0 spiro atoms. The third-order valence-corrected chi connectivity index (χ3v) is 3.18. The number of benzene rings is 2. The number of carbonyl (C=O) groups excluding carboxylic acids is 1. The van der Waals surface area contributed by atoms with E-state index in [4.69, 9.17) is 4.74 Å². The van der Waals surface area contributed by atoms with Gasteiger partial charge in [0.05, 0.1) is 0 Å². The van der Waals surface area contributed by atoms with Gasteiger partial charge < -0.3 is 4.74 Å². The zero-order chi connectivity index (χ0) is 15.4. The minimum absolute atomic E-state index is 0.313. The lowest BCUT2D eigenvalue weighted by molar-refractivity contribution is 0.112. The van der Waals surface area contributed by atoms with E-state index in [2.05, 4.69) is 4.98 Å². The predicted octanol–water partition coefficient (Wildman–Crippen LogP) is 4.49. The van der Waals surface area contributed by atoms with Crippen molar-refractivity contribution in [2.45, 2.75) is 0 Å². The maximum Gasteiger partial charge on any atom is 0.150 e. The third kappa shape index (κ3) is 3.01. The van der Waals surface area contributed by atoms with Crippen molar-refractivity contribution in [3.05, 3.63) is 78.4 Å². The molecular formula is C18H12FNO2. The first kappa shape index (κ1) is 13.9. The number of ether oxygens (including phenoxy) is 1. The summed E-state index contributed by atoms with van der Waals surface area (Å²) < 4.78 is 18.7. The van der Waals surface area contributed by atoms with Gasteiger partial charge in [-0.15, -0.1) is 0 Å². The van der Waals surface area contributed by atoms with Gasteiger partial charge in [-0.3, -0.25) is 9.78 Å². The normalized spacial score (nSPS) is 10.2. The van der Waals surface area contributed by atoms with Crippen molar-refractivity contribution < 1.29 is 13.9 Å². The first-order valence-corrected chi connectivity index (χ1v) is 6.69. The minimum atomic E-state index is -0.313. The molecule has 3 nitrogen and oxygen atoms in total. The average Bonchev–Trinajstić information content (AvgIpc) is 2.58. The van der Waals surface area contributed by atoms with Crippen LogP contribution in [0.3, 0.4) is 0 Å². The van der Waals surface area contributed by atoms with Crippen molar-refractivity contribution in [1.29, 1.82) is 0 Å². The monoisotopic (exact) mass is 293 g/mol. The largest absolute Gasteiger partial charge is 0.457 e. The van der Waals surface area contributed by atoms with Crippen LogP contribution in [-0.4, -0.2) is 11.3 Å². The molecule has 0 saturated heterocycles. The molecule has 108 valence electrons. The molecule has 0 bridgehead atoms. The van der Waals surface area contributed by atoms with Crippen molar-refractivity contribution >= 4 is 6.29 Å². The van der Waals surface area contributed by atoms with Crippen LogP contribution >= 0.6 is 0 Å². The van der Waals surface area contributed by atoms with E-state index in [1.54, 1.807) is 42.7 Å². The van der Waals surface area contributed by atoms with Crippen LogP contribution in [-0.2, 0) is 0 Å². The van der Waals surface area contributed by atoms with Crippen LogP contribution in [0, 0.1) is 5.82 Å². The van der Waals surface area contributed by atoms with Crippen LogP contribution in [0.5, 0.6) is 11.5 Å². The van der Waals surface area contributed by atoms with E-state index >= 15 is 0 Å². The molecule has 4 heteroatoms. The molecule has 0 saturated carbocycles. The smallest absolute Gasteiger partial charge is 0.150 e. The van der Waals surface area contributed by atoms with Gasteiger partial charge in [-0.05, 0) is 35.9 Å². The average molecular weight is 293 g/mol. The van der Waals surface area contributed by atoms with E-state index in [0.29, 0.717) is 17.1 Å². The Hall–Kier alpha value is -3.01. The second-order valence-corrected chi connectivity index (χ2v) is 4.67. The van der Waals surface area contributed by atoms with E-state index in [-0.39, 0.29) is 5.82 Å². The fourth-order valence-corrected chi connectivity index (χ4v) is 2.06. The van der Waals surface area contributed by atoms with Gasteiger partial charge >= 0.3 is 0 Å². The minimum Gasteiger partial charge on any atom is -0.457 e. The Morgan fingerprint density at radius 3 is 2.36 bits per heavy atom. The number of aldehydes is 1. The third-order valence-electron chi connectivity index (χ3n) is 3.18. The summed E-state index contributed by atoms with van der Waals surface area (Å²) in [4.78, 5) is 14.8. The SMILES string of the molecule is O=Cc1ccc(-c2cnccc2Oc2ccc(F)cc2)cc1. The van der Waals surface area contributed by atoms with Crippen LogP contribution < -0.4 is 4.74 Å². The molecule has 1 aromatic heterocycles. The highest BCUT2D eigenvalue weighted by Gasteiger charge is 2.08.